The Labute approximate surface area is 162 Å². The van der Waals surface area contributed by atoms with Gasteiger partial charge in [0, 0.05) is 0 Å². The summed E-state index contributed by atoms with van der Waals surface area (Å²) in [6, 6.07) is 17.1. The number of ether oxygens (including phenoxy) is 1. The molecule has 0 saturated heterocycles. The fourth-order valence-corrected chi connectivity index (χ4v) is 3.57. The van der Waals surface area contributed by atoms with E-state index < -0.39 is 11.5 Å². The molecule has 2 aromatic carbocycles. The number of hydrogen-bond donors (Lipinski definition) is 1. The SMILES string of the molecule is CC(C)(C)c1ccc(C2C(C#N)=C(N)Oc3c2c(=O)oc2ccccc32)cc1. The van der Waals surface area contributed by atoms with Gasteiger partial charge in [-0.15, -0.1) is 0 Å². The van der Waals surface area contributed by atoms with Crippen LogP contribution in [0.15, 0.2) is 69.2 Å². The van der Waals surface area contributed by atoms with Gasteiger partial charge in [0.05, 0.1) is 16.9 Å². The van der Waals surface area contributed by atoms with Gasteiger partial charge < -0.3 is 14.9 Å². The Morgan fingerprint density at radius 1 is 1.07 bits per heavy atom. The molecule has 1 aliphatic rings. The molecular formula is C23H20N2O3. The van der Waals surface area contributed by atoms with Crippen molar-refractivity contribution in [2.75, 3.05) is 0 Å². The van der Waals surface area contributed by atoms with Crippen LogP contribution < -0.4 is 16.1 Å². The Bertz CT molecular complexity index is 1210. The van der Waals surface area contributed by atoms with Crippen LogP contribution >= 0.6 is 0 Å². The number of nitrogens with zero attached hydrogens (tertiary/aromatic N) is 1. The first-order valence-corrected chi connectivity index (χ1v) is 9.05. The highest BCUT2D eigenvalue weighted by Gasteiger charge is 2.35. The summed E-state index contributed by atoms with van der Waals surface area (Å²) in [5.41, 5.74) is 8.41. The lowest BCUT2D eigenvalue weighted by molar-refractivity contribution is 0.388. The van der Waals surface area contributed by atoms with Crippen LogP contribution in [0.25, 0.3) is 11.0 Å². The number of fused-ring (bicyclic) bond motifs is 3. The van der Waals surface area contributed by atoms with Crippen molar-refractivity contribution in [2.45, 2.75) is 32.1 Å². The summed E-state index contributed by atoms with van der Waals surface area (Å²) in [6.45, 7) is 6.39. The number of nitrogens with two attached hydrogens (primary N) is 1. The molecule has 1 aliphatic heterocycles. The van der Waals surface area contributed by atoms with Crippen LogP contribution in [0.2, 0.25) is 0 Å². The van der Waals surface area contributed by atoms with E-state index in [1.165, 1.54) is 0 Å². The molecule has 28 heavy (non-hydrogen) atoms. The lowest BCUT2D eigenvalue weighted by Crippen LogP contribution is -2.26. The van der Waals surface area contributed by atoms with Gasteiger partial charge in [-0.25, -0.2) is 4.79 Å². The van der Waals surface area contributed by atoms with Crippen molar-refractivity contribution in [1.82, 2.24) is 0 Å². The molecule has 0 aliphatic carbocycles. The predicted molar refractivity (Wildman–Crippen MR) is 107 cm³/mol. The highest BCUT2D eigenvalue weighted by atomic mass is 16.5. The van der Waals surface area contributed by atoms with Gasteiger partial charge >= 0.3 is 5.63 Å². The predicted octanol–water partition coefficient (Wildman–Crippen LogP) is 4.31. The number of nitriles is 1. The number of allylic oxidation sites excluding steroid dienone is 1. The second-order valence-corrected chi connectivity index (χ2v) is 7.93. The standard InChI is InChI=1S/C23H20N2O3/c1-23(2,3)14-10-8-13(9-11-14)18-16(12-24)21(25)28-20-15-6-4-5-7-17(15)27-22(26)19(18)20/h4-11,18H,25H2,1-3H3. The minimum Gasteiger partial charge on any atom is -0.439 e. The van der Waals surface area contributed by atoms with E-state index in [4.69, 9.17) is 14.9 Å². The molecule has 5 nitrogen and oxygen atoms in total. The molecular weight excluding hydrogens is 352 g/mol. The van der Waals surface area contributed by atoms with Crippen molar-refractivity contribution in [2.24, 2.45) is 5.73 Å². The summed E-state index contributed by atoms with van der Waals surface area (Å²) in [4.78, 5) is 12.8. The molecule has 1 unspecified atom stereocenters. The average Bonchev–Trinajstić information content (AvgIpc) is 2.66. The lowest BCUT2D eigenvalue weighted by atomic mass is 9.81. The van der Waals surface area contributed by atoms with Crippen molar-refractivity contribution in [3.63, 3.8) is 0 Å². The average molecular weight is 372 g/mol. The monoisotopic (exact) mass is 372 g/mol. The van der Waals surface area contributed by atoms with Crippen LogP contribution in [0.1, 0.15) is 43.4 Å². The second-order valence-electron chi connectivity index (χ2n) is 7.93. The van der Waals surface area contributed by atoms with E-state index in [2.05, 4.69) is 26.8 Å². The highest BCUT2D eigenvalue weighted by molar-refractivity contribution is 5.86. The van der Waals surface area contributed by atoms with Crippen molar-refractivity contribution in [1.29, 1.82) is 5.26 Å². The van der Waals surface area contributed by atoms with Crippen LogP contribution in [-0.2, 0) is 5.41 Å². The van der Waals surface area contributed by atoms with E-state index in [-0.39, 0.29) is 16.9 Å². The van der Waals surface area contributed by atoms with E-state index in [1.54, 1.807) is 12.1 Å². The molecule has 5 heteroatoms. The van der Waals surface area contributed by atoms with Crippen LogP contribution in [0.3, 0.4) is 0 Å². The van der Waals surface area contributed by atoms with Crippen LogP contribution in [0, 0.1) is 11.3 Å². The van der Waals surface area contributed by atoms with E-state index in [1.807, 2.05) is 36.4 Å². The molecule has 0 spiro atoms. The molecule has 140 valence electrons. The van der Waals surface area contributed by atoms with Crippen LogP contribution in [-0.4, -0.2) is 0 Å². The highest BCUT2D eigenvalue weighted by Crippen LogP contribution is 2.43. The van der Waals surface area contributed by atoms with Gasteiger partial charge in [0.25, 0.3) is 0 Å². The Hall–Kier alpha value is -3.52. The van der Waals surface area contributed by atoms with Gasteiger partial charge in [-0.05, 0) is 28.7 Å². The summed E-state index contributed by atoms with van der Waals surface area (Å²) in [5, 5.41) is 10.4. The molecule has 3 aromatic rings. The minimum absolute atomic E-state index is 0.00569. The van der Waals surface area contributed by atoms with Gasteiger partial charge in [-0.1, -0.05) is 57.2 Å². The van der Waals surface area contributed by atoms with Gasteiger partial charge in [0.1, 0.15) is 17.2 Å². The molecule has 0 saturated carbocycles. The first-order valence-electron chi connectivity index (χ1n) is 9.05. The molecule has 0 bridgehead atoms. The summed E-state index contributed by atoms with van der Waals surface area (Å²) in [7, 11) is 0. The van der Waals surface area contributed by atoms with Gasteiger partial charge in [0.15, 0.2) is 5.75 Å². The summed E-state index contributed by atoms with van der Waals surface area (Å²) < 4.78 is 11.2. The minimum atomic E-state index is -0.636. The topological polar surface area (TPSA) is 89.3 Å². The van der Waals surface area contributed by atoms with Crippen molar-refractivity contribution in [3.8, 4) is 11.8 Å². The summed E-state index contributed by atoms with van der Waals surface area (Å²) in [5.74, 6) is -0.271. The fourth-order valence-electron chi connectivity index (χ4n) is 3.57. The zero-order valence-electron chi connectivity index (χ0n) is 15.9. The molecule has 0 amide bonds. The van der Waals surface area contributed by atoms with Gasteiger partial charge in [-0.3, -0.25) is 0 Å². The third-order valence-corrected chi connectivity index (χ3v) is 5.08. The number of rotatable bonds is 1. The van der Waals surface area contributed by atoms with E-state index >= 15 is 0 Å². The maximum Gasteiger partial charge on any atom is 0.344 e. The maximum absolute atomic E-state index is 12.8. The third-order valence-electron chi connectivity index (χ3n) is 5.08. The van der Waals surface area contributed by atoms with Crippen LogP contribution in [0.5, 0.6) is 5.75 Å². The fraction of sp³-hybridized carbons (Fsp3) is 0.217. The maximum atomic E-state index is 12.8. The van der Waals surface area contributed by atoms with Gasteiger partial charge in [-0.2, -0.15) is 5.26 Å². The first-order chi connectivity index (χ1) is 13.3. The Morgan fingerprint density at radius 3 is 2.39 bits per heavy atom. The van der Waals surface area contributed by atoms with Gasteiger partial charge in [0.2, 0.25) is 5.88 Å². The zero-order chi connectivity index (χ0) is 20.1. The molecule has 0 radical (unpaired) electrons. The number of para-hydroxylation sites is 1. The smallest absolute Gasteiger partial charge is 0.344 e. The lowest BCUT2D eigenvalue weighted by Gasteiger charge is -2.26. The third kappa shape index (κ3) is 2.74. The zero-order valence-corrected chi connectivity index (χ0v) is 15.9. The van der Waals surface area contributed by atoms with Crippen molar-refractivity contribution < 1.29 is 9.15 Å². The van der Waals surface area contributed by atoms with E-state index in [0.717, 1.165) is 11.1 Å². The quantitative estimate of drug-likeness (QED) is 0.643. The largest absolute Gasteiger partial charge is 0.439 e. The summed E-state index contributed by atoms with van der Waals surface area (Å²) >= 11 is 0. The molecule has 2 N–H and O–H groups in total. The first kappa shape index (κ1) is 17.9. The second kappa shape index (κ2) is 6.28. The van der Waals surface area contributed by atoms with Crippen molar-refractivity contribution in [3.05, 3.63) is 87.1 Å². The van der Waals surface area contributed by atoms with Crippen molar-refractivity contribution >= 4 is 11.0 Å². The number of benzene rings is 2. The molecule has 2 heterocycles. The van der Waals surface area contributed by atoms with E-state index in [0.29, 0.717) is 22.3 Å². The molecule has 4 rings (SSSR count). The molecule has 1 aromatic heterocycles. The number of hydrogen-bond acceptors (Lipinski definition) is 5. The Kier molecular flexibility index (Phi) is 4.01. The normalized spacial score (nSPS) is 16.4. The van der Waals surface area contributed by atoms with Crippen LogP contribution in [0.4, 0.5) is 0 Å². The Morgan fingerprint density at radius 2 is 1.75 bits per heavy atom. The molecule has 1 atom stereocenters. The summed E-state index contributed by atoms with van der Waals surface area (Å²) in [6.07, 6.45) is 0. The molecule has 0 fully saturated rings. The van der Waals surface area contributed by atoms with E-state index in [9.17, 15) is 10.1 Å². The Balaban J connectivity index is 1.98.